The molecule has 0 bridgehead atoms. The number of hydrogen-bond donors (Lipinski definition) is 0. The third-order valence-corrected chi connectivity index (χ3v) is 18.3. The smallest absolute Gasteiger partial charge is 0.417 e. The zero-order chi connectivity index (χ0) is 54.9. The van der Waals surface area contributed by atoms with Gasteiger partial charge >= 0.3 is 36.2 Å². The molecule has 75 heavy (non-hydrogen) atoms. The SMILES string of the molecule is CC(=O)OC[C@H]1O[C@H](O[C@H]2[C@@H](OCc3ccccc3)[C@@H](CO[Si](C)(C)C(C)(C)C)O[C@@H](Sc3ccccc3C(F)(F)F)[C@@H]2OC(=O)c2ccccc2)[C@H](N=Cc2ccccc2C(F)(F)F)[C@@H](OC(C)=O)[C@@H]1OC(C)=O. The summed E-state index contributed by atoms with van der Waals surface area (Å²) in [5.74, 6) is -3.71. The van der Waals surface area contributed by atoms with Gasteiger partial charge in [-0.25, -0.2) is 4.79 Å². The normalized spacial score (nSPS) is 24.6. The Balaban J connectivity index is 1.61. The van der Waals surface area contributed by atoms with E-state index >= 15 is 0 Å². The Hall–Kier alpha value is -5.62. The Morgan fingerprint density at radius 3 is 1.80 bits per heavy atom. The van der Waals surface area contributed by atoms with Crippen LogP contribution in [-0.2, 0) is 75.7 Å². The molecule has 4 aromatic carbocycles. The van der Waals surface area contributed by atoms with E-state index in [1.807, 2.05) is 33.9 Å². The second-order valence-corrected chi connectivity index (χ2v) is 25.1. The second kappa shape index (κ2) is 25.0. The highest BCUT2D eigenvalue weighted by Gasteiger charge is 2.57. The summed E-state index contributed by atoms with van der Waals surface area (Å²) < 4.78 is 145. The molecule has 2 fully saturated rings. The Kier molecular flexibility index (Phi) is 19.6. The lowest BCUT2D eigenvalue weighted by atomic mass is 9.95. The van der Waals surface area contributed by atoms with E-state index < -0.39 is 128 Å². The molecule has 6 rings (SSSR count). The van der Waals surface area contributed by atoms with E-state index in [-0.39, 0.29) is 28.7 Å². The molecule has 2 saturated heterocycles. The fraction of sp³-hybridized carbons (Fsp3) is 0.453. The van der Waals surface area contributed by atoms with Gasteiger partial charge in [0, 0.05) is 37.4 Å². The van der Waals surface area contributed by atoms with Crippen LogP contribution in [0.15, 0.2) is 119 Å². The molecule has 0 saturated carbocycles. The van der Waals surface area contributed by atoms with E-state index in [0.717, 1.165) is 51.3 Å². The van der Waals surface area contributed by atoms with Gasteiger partial charge in [-0.05, 0) is 54.0 Å². The molecule has 22 heteroatoms. The minimum absolute atomic E-state index is 0.0149. The summed E-state index contributed by atoms with van der Waals surface area (Å²) in [6, 6.07) is 23.8. The standard InChI is InChI=1S/C53H59F6NO13SSi/c1-31(61)65-29-39-44(68-32(2)62)45(69-33(3)63)42(60-27-36-23-15-16-24-37(36)52(54,55)56)49(70-39)73-46-43(66-28-34-19-11-9-12-20-34)40(30-67-75(7,8)51(4,5)6)71-50(47(46)72-48(64)35-21-13-10-14-22-35)74-41-26-18-17-25-38(41)53(57,58)59/h9-27,39-40,42-47,49-50H,28-30H2,1-8H3/t39-,40-,42-,43+,44-,45-,46+,47-,49-,50+/m1/s1. The van der Waals surface area contributed by atoms with Crippen molar-refractivity contribution in [2.75, 3.05) is 13.2 Å². The van der Waals surface area contributed by atoms with Gasteiger partial charge in [0.05, 0.1) is 29.9 Å². The maximum absolute atomic E-state index is 14.8. The molecule has 0 aromatic heterocycles. The molecule has 10 atom stereocenters. The van der Waals surface area contributed by atoms with Crippen molar-refractivity contribution in [3.8, 4) is 0 Å². The van der Waals surface area contributed by atoms with Crippen molar-refractivity contribution in [1.82, 2.24) is 0 Å². The molecule has 0 amide bonds. The van der Waals surface area contributed by atoms with Crippen molar-refractivity contribution >= 4 is 50.2 Å². The van der Waals surface area contributed by atoms with E-state index in [0.29, 0.717) is 17.3 Å². The van der Waals surface area contributed by atoms with Crippen LogP contribution in [0.5, 0.6) is 0 Å². The molecule has 406 valence electrons. The highest BCUT2D eigenvalue weighted by atomic mass is 32.2. The van der Waals surface area contributed by atoms with E-state index in [4.69, 9.17) is 42.3 Å². The van der Waals surface area contributed by atoms with Gasteiger partial charge in [0.25, 0.3) is 0 Å². The van der Waals surface area contributed by atoms with Crippen molar-refractivity contribution in [2.24, 2.45) is 4.99 Å². The molecule has 0 radical (unpaired) electrons. The van der Waals surface area contributed by atoms with Crippen molar-refractivity contribution < 1.29 is 87.8 Å². The third kappa shape index (κ3) is 15.7. The van der Waals surface area contributed by atoms with Crippen molar-refractivity contribution in [2.45, 2.75) is 144 Å². The lowest BCUT2D eigenvalue weighted by Gasteiger charge is -2.49. The predicted octanol–water partition coefficient (Wildman–Crippen LogP) is 10.4. The lowest BCUT2D eigenvalue weighted by molar-refractivity contribution is -0.319. The molecule has 2 aliphatic rings. The number of hydrogen-bond acceptors (Lipinski definition) is 15. The molecule has 0 N–H and O–H groups in total. The van der Waals surface area contributed by atoms with Crippen LogP contribution < -0.4 is 0 Å². The van der Waals surface area contributed by atoms with Crippen molar-refractivity contribution in [1.29, 1.82) is 0 Å². The van der Waals surface area contributed by atoms with Crippen LogP contribution in [0.3, 0.4) is 0 Å². The van der Waals surface area contributed by atoms with Gasteiger partial charge in [-0.15, -0.1) is 0 Å². The largest absolute Gasteiger partial charge is 0.463 e. The van der Waals surface area contributed by atoms with Crippen LogP contribution in [0.2, 0.25) is 18.1 Å². The molecule has 0 unspecified atom stereocenters. The van der Waals surface area contributed by atoms with Crippen LogP contribution in [0.4, 0.5) is 26.3 Å². The second-order valence-electron chi connectivity index (χ2n) is 19.2. The summed E-state index contributed by atoms with van der Waals surface area (Å²) >= 11 is 0.568. The Morgan fingerprint density at radius 1 is 0.640 bits per heavy atom. The molecule has 2 aliphatic heterocycles. The van der Waals surface area contributed by atoms with Crippen molar-refractivity contribution in [3.05, 3.63) is 137 Å². The summed E-state index contributed by atoms with van der Waals surface area (Å²) in [6.45, 7) is 11.9. The lowest BCUT2D eigenvalue weighted by Crippen LogP contribution is -2.66. The number of carbonyl (C=O) groups is 4. The number of alkyl halides is 6. The number of aliphatic imine (C=N–C) groups is 1. The molecule has 0 aliphatic carbocycles. The van der Waals surface area contributed by atoms with Crippen LogP contribution in [0.1, 0.15) is 74.2 Å². The molecule has 0 spiro atoms. The summed E-state index contributed by atoms with van der Waals surface area (Å²) in [6.07, 6.45) is -22.0. The summed E-state index contributed by atoms with van der Waals surface area (Å²) in [7, 11) is -2.71. The first-order valence-corrected chi connectivity index (χ1v) is 27.5. The molecule has 2 heterocycles. The predicted molar refractivity (Wildman–Crippen MR) is 264 cm³/mol. The average molecular weight is 1090 g/mol. The minimum atomic E-state index is -4.88. The monoisotopic (exact) mass is 1090 g/mol. The van der Waals surface area contributed by atoms with Gasteiger partial charge in [0.15, 0.2) is 32.9 Å². The number of thioether (sulfide) groups is 1. The first-order chi connectivity index (χ1) is 35.2. The molecular weight excluding hydrogens is 1030 g/mol. The van der Waals surface area contributed by atoms with Crippen LogP contribution in [-0.4, -0.2) is 112 Å². The van der Waals surface area contributed by atoms with Crippen LogP contribution in [0.25, 0.3) is 0 Å². The molecular formula is C53H59F6NO13SSi. The van der Waals surface area contributed by atoms with E-state index in [1.54, 1.807) is 48.5 Å². The Labute approximate surface area is 435 Å². The Morgan fingerprint density at radius 2 is 1.20 bits per heavy atom. The summed E-state index contributed by atoms with van der Waals surface area (Å²) in [5.41, 5.74) is -3.54. The fourth-order valence-electron chi connectivity index (χ4n) is 7.90. The van der Waals surface area contributed by atoms with Gasteiger partial charge in [-0.3, -0.25) is 19.4 Å². The minimum Gasteiger partial charge on any atom is -0.463 e. The Bertz CT molecular complexity index is 2600. The van der Waals surface area contributed by atoms with Gasteiger partial charge < -0.3 is 42.3 Å². The van der Waals surface area contributed by atoms with Crippen LogP contribution in [0, 0.1) is 0 Å². The maximum Gasteiger partial charge on any atom is 0.417 e. The highest BCUT2D eigenvalue weighted by molar-refractivity contribution is 7.99. The topological polar surface area (TPSA) is 164 Å². The summed E-state index contributed by atoms with van der Waals surface area (Å²) in [5, 5.41) is -0.376. The first kappa shape index (κ1) is 58.6. The van der Waals surface area contributed by atoms with Crippen molar-refractivity contribution in [3.63, 3.8) is 0 Å². The number of rotatable bonds is 18. The molecule has 14 nitrogen and oxygen atoms in total. The number of ether oxygens (including phenoxy) is 8. The molecule has 4 aromatic rings. The summed E-state index contributed by atoms with van der Waals surface area (Å²) in [4.78, 5) is 56.7. The number of nitrogens with zero attached hydrogens (tertiary/aromatic N) is 1. The zero-order valence-corrected chi connectivity index (χ0v) is 44.1. The van der Waals surface area contributed by atoms with E-state index in [2.05, 4.69) is 4.99 Å². The quantitative estimate of drug-likeness (QED) is 0.0304. The highest BCUT2D eigenvalue weighted by Crippen LogP contribution is 2.45. The third-order valence-electron chi connectivity index (χ3n) is 12.6. The maximum atomic E-state index is 14.8. The van der Waals surface area contributed by atoms with E-state index in [9.17, 15) is 45.5 Å². The first-order valence-electron chi connectivity index (χ1n) is 23.8. The van der Waals surface area contributed by atoms with Gasteiger partial charge in [0.2, 0.25) is 0 Å². The fourth-order valence-corrected chi connectivity index (χ4v) is 10.2. The number of halogens is 6. The number of esters is 4. The zero-order valence-electron chi connectivity index (χ0n) is 42.3. The average Bonchev–Trinajstić information content (AvgIpc) is 3.33. The van der Waals surface area contributed by atoms with Crippen LogP contribution >= 0.6 is 11.8 Å². The van der Waals surface area contributed by atoms with E-state index in [1.165, 1.54) is 36.4 Å². The number of benzene rings is 4. The number of carbonyl (C=O) groups excluding carboxylic acids is 4. The van der Waals surface area contributed by atoms with Gasteiger partial charge in [-0.1, -0.05) is 111 Å². The van der Waals surface area contributed by atoms with Gasteiger partial charge in [-0.2, -0.15) is 26.3 Å². The van der Waals surface area contributed by atoms with Gasteiger partial charge in [0.1, 0.15) is 42.5 Å².